The lowest BCUT2D eigenvalue weighted by molar-refractivity contribution is -0.129. The monoisotopic (exact) mass is 326 g/mol. The van der Waals surface area contributed by atoms with Crippen molar-refractivity contribution in [2.45, 2.75) is 44.6 Å². The summed E-state index contributed by atoms with van der Waals surface area (Å²) < 4.78 is 7.43. The summed E-state index contributed by atoms with van der Waals surface area (Å²) in [4.78, 5) is 12.7. The van der Waals surface area contributed by atoms with Crippen molar-refractivity contribution in [3.63, 3.8) is 0 Å². The van der Waals surface area contributed by atoms with Gasteiger partial charge in [0.15, 0.2) is 0 Å². The fourth-order valence-electron chi connectivity index (χ4n) is 4.41. The number of hydrogen-bond acceptors (Lipinski definition) is 3. The minimum absolute atomic E-state index is 0.508. The zero-order chi connectivity index (χ0) is 16.5. The summed E-state index contributed by atoms with van der Waals surface area (Å²) in [5.74, 6) is 0.651. The molecular formula is C20H26N2O2. The molecule has 24 heavy (non-hydrogen) atoms. The molecule has 1 saturated carbocycles. The second kappa shape index (κ2) is 6.60. The van der Waals surface area contributed by atoms with Gasteiger partial charge in [-0.1, -0.05) is 18.2 Å². The second-order valence-corrected chi connectivity index (χ2v) is 7.20. The van der Waals surface area contributed by atoms with E-state index in [0.717, 1.165) is 25.7 Å². The van der Waals surface area contributed by atoms with E-state index in [4.69, 9.17) is 4.74 Å². The number of aromatic nitrogens is 1. The third kappa shape index (κ3) is 2.84. The Hall–Kier alpha value is -1.81. The van der Waals surface area contributed by atoms with Crippen molar-refractivity contribution >= 4 is 17.4 Å². The van der Waals surface area contributed by atoms with Gasteiger partial charge in [-0.25, -0.2) is 0 Å². The Labute approximate surface area is 143 Å². The maximum absolute atomic E-state index is 10.3. The summed E-state index contributed by atoms with van der Waals surface area (Å²) in [5, 5.41) is 1.46. The van der Waals surface area contributed by atoms with Crippen LogP contribution in [0, 0.1) is 6.92 Å². The number of carbonyl (C=O) groups is 1. The fourth-order valence-corrected chi connectivity index (χ4v) is 4.41. The molecule has 0 amide bonds. The Morgan fingerprint density at radius 1 is 1.17 bits per heavy atom. The molecule has 0 unspecified atom stereocenters. The Morgan fingerprint density at radius 3 is 2.62 bits per heavy atom. The largest absolute Gasteiger partial charge is 0.467 e. The van der Waals surface area contributed by atoms with E-state index in [1.54, 1.807) is 5.56 Å². The molecule has 0 N–H and O–H groups in total. The predicted molar refractivity (Wildman–Crippen MR) is 95.4 cm³/mol. The SMILES string of the molecule is Cc1c(C2CCN(CCOC=O)CC2)c2ccccc2n1C1CC1. The molecule has 0 atom stereocenters. The molecule has 1 aliphatic carbocycles. The standard InChI is InChI=1S/C20H26N2O2/c1-15-20(16-8-10-21(11-9-16)12-13-24-14-23)18-4-2-3-5-19(18)22(15)17-6-7-17/h2-5,14,16-17H,6-13H2,1H3. The Balaban J connectivity index is 1.55. The fraction of sp³-hybridized carbons (Fsp3) is 0.550. The van der Waals surface area contributed by atoms with Gasteiger partial charge in [-0.05, 0) is 63.2 Å². The highest BCUT2D eigenvalue weighted by molar-refractivity contribution is 5.86. The molecule has 128 valence electrons. The predicted octanol–water partition coefficient (Wildman–Crippen LogP) is 3.64. The first-order valence-corrected chi connectivity index (χ1v) is 9.16. The van der Waals surface area contributed by atoms with Crippen molar-refractivity contribution in [1.29, 1.82) is 0 Å². The minimum atomic E-state index is 0.508. The van der Waals surface area contributed by atoms with E-state index in [1.165, 1.54) is 42.3 Å². The quantitative estimate of drug-likeness (QED) is 0.600. The molecule has 4 heteroatoms. The van der Waals surface area contributed by atoms with Crippen molar-refractivity contribution in [3.8, 4) is 0 Å². The van der Waals surface area contributed by atoms with Gasteiger partial charge in [0.2, 0.25) is 0 Å². The van der Waals surface area contributed by atoms with Crippen LogP contribution >= 0.6 is 0 Å². The van der Waals surface area contributed by atoms with E-state index in [0.29, 0.717) is 19.0 Å². The van der Waals surface area contributed by atoms with E-state index >= 15 is 0 Å². The lowest BCUT2D eigenvalue weighted by atomic mass is 9.87. The molecule has 1 aromatic heterocycles. The highest BCUT2D eigenvalue weighted by Crippen LogP contribution is 2.44. The number of nitrogens with zero attached hydrogens (tertiary/aromatic N) is 2. The molecule has 4 nitrogen and oxygen atoms in total. The maximum atomic E-state index is 10.3. The van der Waals surface area contributed by atoms with Crippen molar-refractivity contribution in [1.82, 2.24) is 9.47 Å². The van der Waals surface area contributed by atoms with Gasteiger partial charge in [-0.2, -0.15) is 0 Å². The molecule has 0 radical (unpaired) electrons. The number of ether oxygens (including phenoxy) is 1. The first-order chi connectivity index (χ1) is 11.8. The van der Waals surface area contributed by atoms with Gasteiger partial charge in [0, 0.05) is 29.2 Å². The van der Waals surface area contributed by atoms with Gasteiger partial charge in [0.25, 0.3) is 6.47 Å². The number of fused-ring (bicyclic) bond motifs is 1. The second-order valence-electron chi connectivity index (χ2n) is 7.20. The average Bonchev–Trinajstić information content (AvgIpc) is 3.39. The van der Waals surface area contributed by atoms with Gasteiger partial charge in [-0.15, -0.1) is 0 Å². The Morgan fingerprint density at radius 2 is 1.92 bits per heavy atom. The maximum Gasteiger partial charge on any atom is 0.293 e. The average molecular weight is 326 g/mol. The summed E-state index contributed by atoms with van der Waals surface area (Å²) in [6.45, 7) is 6.41. The summed E-state index contributed by atoms with van der Waals surface area (Å²) in [6.07, 6.45) is 5.05. The lowest BCUT2D eigenvalue weighted by Crippen LogP contribution is -2.35. The normalized spacial score (nSPS) is 19.7. The molecule has 2 fully saturated rings. The smallest absolute Gasteiger partial charge is 0.293 e. The Bertz CT molecular complexity index is 725. The molecule has 2 heterocycles. The summed E-state index contributed by atoms with van der Waals surface area (Å²) >= 11 is 0. The number of likely N-dealkylation sites (tertiary alicyclic amines) is 1. The number of piperidine rings is 1. The first kappa shape index (κ1) is 15.7. The van der Waals surface area contributed by atoms with Crippen LogP contribution in [0.25, 0.3) is 10.9 Å². The van der Waals surface area contributed by atoms with Crippen LogP contribution in [-0.4, -0.2) is 42.2 Å². The Kier molecular flexibility index (Phi) is 4.31. The molecule has 1 saturated heterocycles. The zero-order valence-electron chi connectivity index (χ0n) is 14.4. The van der Waals surface area contributed by atoms with E-state index in [2.05, 4.69) is 40.7 Å². The van der Waals surface area contributed by atoms with Crippen LogP contribution in [0.15, 0.2) is 24.3 Å². The van der Waals surface area contributed by atoms with Gasteiger partial charge >= 0.3 is 0 Å². The molecule has 2 aromatic rings. The zero-order valence-corrected chi connectivity index (χ0v) is 14.4. The van der Waals surface area contributed by atoms with Crippen molar-refractivity contribution in [3.05, 3.63) is 35.5 Å². The van der Waals surface area contributed by atoms with E-state index in [-0.39, 0.29) is 0 Å². The molecule has 1 aromatic carbocycles. The van der Waals surface area contributed by atoms with Crippen LogP contribution in [0.4, 0.5) is 0 Å². The van der Waals surface area contributed by atoms with Crippen LogP contribution in [0.2, 0.25) is 0 Å². The van der Waals surface area contributed by atoms with E-state index in [1.807, 2.05) is 0 Å². The van der Waals surface area contributed by atoms with Crippen LogP contribution in [0.3, 0.4) is 0 Å². The lowest BCUT2D eigenvalue weighted by Gasteiger charge is -2.32. The molecule has 0 spiro atoms. The number of hydrogen-bond donors (Lipinski definition) is 0. The number of rotatable bonds is 6. The summed E-state index contributed by atoms with van der Waals surface area (Å²) in [5.41, 5.74) is 4.50. The third-order valence-electron chi connectivity index (χ3n) is 5.71. The third-order valence-corrected chi connectivity index (χ3v) is 5.71. The molecule has 2 aliphatic rings. The summed E-state index contributed by atoms with van der Waals surface area (Å²) in [6, 6.07) is 9.66. The molecule has 4 rings (SSSR count). The molecule has 1 aliphatic heterocycles. The van der Waals surface area contributed by atoms with Gasteiger partial charge in [0.1, 0.15) is 6.61 Å². The van der Waals surface area contributed by atoms with Crippen molar-refractivity contribution in [2.75, 3.05) is 26.2 Å². The first-order valence-electron chi connectivity index (χ1n) is 9.16. The number of carbonyl (C=O) groups excluding carboxylic acids is 1. The van der Waals surface area contributed by atoms with Crippen molar-refractivity contribution in [2.24, 2.45) is 0 Å². The highest BCUT2D eigenvalue weighted by Gasteiger charge is 2.31. The van der Waals surface area contributed by atoms with E-state index in [9.17, 15) is 4.79 Å². The number of para-hydroxylation sites is 1. The molecule has 0 bridgehead atoms. The summed E-state index contributed by atoms with van der Waals surface area (Å²) in [7, 11) is 0. The van der Waals surface area contributed by atoms with Gasteiger partial charge in [0.05, 0.1) is 0 Å². The highest BCUT2D eigenvalue weighted by atomic mass is 16.5. The minimum Gasteiger partial charge on any atom is -0.467 e. The topological polar surface area (TPSA) is 34.5 Å². The van der Waals surface area contributed by atoms with E-state index < -0.39 is 0 Å². The van der Waals surface area contributed by atoms with Crippen LogP contribution in [0.5, 0.6) is 0 Å². The van der Waals surface area contributed by atoms with Gasteiger partial charge < -0.3 is 9.30 Å². The van der Waals surface area contributed by atoms with Crippen LogP contribution < -0.4 is 0 Å². The van der Waals surface area contributed by atoms with Gasteiger partial charge in [-0.3, -0.25) is 9.69 Å². The number of benzene rings is 1. The molecular weight excluding hydrogens is 300 g/mol. The van der Waals surface area contributed by atoms with Crippen molar-refractivity contribution < 1.29 is 9.53 Å². The van der Waals surface area contributed by atoms with Crippen LogP contribution in [-0.2, 0) is 9.53 Å². The van der Waals surface area contributed by atoms with Crippen LogP contribution in [0.1, 0.15) is 48.9 Å².